The number of methoxy groups -OCH3 is 2. The molecule has 0 spiro atoms. The van der Waals surface area contributed by atoms with Crippen molar-refractivity contribution >= 4 is 33.0 Å². The van der Waals surface area contributed by atoms with E-state index in [0.717, 1.165) is 4.31 Å². The number of carbonyl (C=O) groups excluding carboxylic acids is 1. The lowest BCUT2D eigenvalue weighted by atomic mass is 10.1. The molecular formula is C21H18N2O5S. The molecule has 148 valence electrons. The minimum atomic E-state index is -4.19. The summed E-state index contributed by atoms with van der Waals surface area (Å²) in [7, 11) is -1.18. The Bertz CT molecular complexity index is 1190. The molecule has 0 aliphatic carbocycles. The maximum absolute atomic E-state index is 13.5. The number of hydrogen-bond donors (Lipinski definition) is 1. The van der Waals surface area contributed by atoms with E-state index < -0.39 is 15.9 Å². The summed E-state index contributed by atoms with van der Waals surface area (Å²) in [5.74, 6) is 0.404. The highest BCUT2D eigenvalue weighted by Crippen LogP contribution is 2.40. The fourth-order valence-corrected chi connectivity index (χ4v) is 4.58. The second-order valence-corrected chi connectivity index (χ2v) is 8.09. The zero-order valence-electron chi connectivity index (χ0n) is 15.7. The smallest absolute Gasteiger partial charge is 0.274 e. The molecule has 4 rings (SSSR count). The predicted octanol–water partition coefficient (Wildman–Crippen LogP) is 3.80. The fourth-order valence-electron chi connectivity index (χ4n) is 3.15. The first-order chi connectivity index (χ1) is 14.0. The second-order valence-electron chi connectivity index (χ2n) is 6.30. The number of ether oxygens (including phenoxy) is 2. The van der Waals surface area contributed by atoms with Crippen LogP contribution in [-0.4, -0.2) is 28.5 Å². The molecule has 0 aromatic heterocycles. The quantitative estimate of drug-likeness (QED) is 0.704. The summed E-state index contributed by atoms with van der Waals surface area (Å²) in [6, 6.07) is 17.5. The van der Waals surface area contributed by atoms with E-state index in [1.54, 1.807) is 42.5 Å². The molecule has 1 aliphatic heterocycles. The van der Waals surface area contributed by atoms with E-state index in [1.165, 1.54) is 38.5 Å². The molecule has 1 aliphatic rings. The Balaban J connectivity index is 1.94. The summed E-state index contributed by atoms with van der Waals surface area (Å²) < 4.78 is 38.1. The molecule has 0 atom stereocenters. The summed E-state index contributed by atoms with van der Waals surface area (Å²) in [5.41, 5.74) is 1.42. The first-order valence-electron chi connectivity index (χ1n) is 8.73. The first-order valence-corrected chi connectivity index (χ1v) is 10.2. The average molecular weight is 410 g/mol. The van der Waals surface area contributed by atoms with E-state index in [1.807, 2.05) is 0 Å². The Hall–Kier alpha value is -3.52. The highest BCUT2D eigenvalue weighted by molar-refractivity contribution is 7.93. The molecule has 3 aromatic carbocycles. The Morgan fingerprint density at radius 1 is 0.828 bits per heavy atom. The molecule has 0 radical (unpaired) electrons. The Labute approximate surface area is 168 Å². The third kappa shape index (κ3) is 3.17. The minimum Gasteiger partial charge on any atom is -0.497 e. The van der Waals surface area contributed by atoms with E-state index in [2.05, 4.69) is 5.32 Å². The van der Waals surface area contributed by atoms with Crippen LogP contribution in [-0.2, 0) is 10.0 Å². The van der Waals surface area contributed by atoms with Gasteiger partial charge in [-0.3, -0.25) is 4.79 Å². The number of hydrogen-bond acceptors (Lipinski definition) is 6. The number of carbonyl (C=O) groups is 1. The van der Waals surface area contributed by atoms with Gasteiger partial charge in [0.1, 0.15) is 11.5 Å². The van der Waals surface area contributed by atoms with Crippen molar-refractivity contribution in [2.75, 3.05) is 23.8 Å². The Morgan fingerprint density at radius 2 is 1.48 bits per heavy atom. The predicted molar refractivity (Wildman–Crippen MR) is 110 cm³/mol. The molecule has 0 saturated carbocycles. The lowest BCUT2D eigenvalue weighted by Gasteiger charge is -2.23. The van der Waals surface area contributed by atoms with E-state index in [-0.39, 0.29) is 16.1 Å². The van der Waals surface area contributed by atoms with Gasteiger partial charge in [0, 0.05) is 6.07 Å². The van der Waals surface area contributed by atoms with Crippen molar-refractivity contribution < 1.29 is 22.7 Å². The standard InChI is InChI=1S/C21H18N2O5S/c1-27-14-7-10-16(11-8-14)29(25,26)23-20-12-9-15(28-2)13-19(20)22-18-6-4-3-5-17(18)21(23)24/h3-13,22H,1-2H3. The molecule has 1 N–H and O–H groups in total. The number of para-hydroxylation sites is 1. The highest BCUT2D eigenvalue weighted by atomic mass is 32.2. The van der Waals surface area contributed by atoms with Crippen LogP contribution >= 0.6 is 0 Å². The van der Waals surface area contributed by atoms with Crippen LogP contribution in [0.2, 0.25) is 0 Å². The number of fused-ring (bicyclic) bond motifs is 2. The molecular weight excluding hydrogens is 392 g/mol. The number of rotatable bonds is 4. The number of nitrogens with one attached hydrogen (secondary N) is 1. The highest BCUT2D eigenvalue weighted by Gasteiger charge is 2.36. The van der Waals surface area contributed by atoms with Gasteiger partial charge in [0.2, 0.25) is 0 Å². The van der Waals surface area contributed by atoms with Crippen molar-refractivity contribution in [3.05, 3.63) is 72.3 Å². The van der Waals surface area contributed by atoms with Gasteiger partial charge in [0.15, 0.2) is 0 Å². The molecule has 8 heteroatoms. The van der Waals surface area contributed by atoms with Crippen LogP contribution in [0.1, 0.15) is 10.4 Å². The number of anilines is 3. The number of benzene rings is 3. The first kappa shape index (κ1) is 18.8. The Kier molecular flexibility index (Phi) is 4.63. The van der Waals surface area contributed by atoms with Crippen molar-refractivity contribution in [1.29, 1.82) is 0 Å². The van der Waals surface area contributed by atoms with Crippen molar-refractivity contribution in [2.45, 2.75) is 4.90 Å². The van der Waals surface area contributed by atoms with Gasteiger partial charge < -0.3 is 14.8 Å². The SMILES string of the molecule is COc1ccc(S(=O)(=O)N2C(=O)c3ccccc3Nc3cc(OC)ccc32)cc1. The molecule has 1 amide bonds. The summed E-state index contributed by atoms with van der Waals surface area (Å²) in [4.78, 5) is 13.3. The normalized spacial score (nSPS) is 13.0. The summed E-state index contributed by atoms with van der Waals surface area (Å²) in [6.07, 6.45) is 0. The molecule has 1 heterocycles. The molecule has 0 saturated heterocycles. The van der Waals surface area contributed by atoms with Gasteiger partial charge in [-0.15, -0.1) is 0 Å². The monoisotopic (exact) mass is 410 g/mol. The van der Waals surface area contributed by atoms with Gasteiger partial charge in [-0.2, -0.15) is 4.31 Å². The van der Waals surface area contributed by atoms with E-state index in [0.29, 0.717) is 22.9 Å². The number of sulfonamides is 1. The lowest BCUT2D eigenvalue weighted by Crippen LogP contribution is -2.36. The van der Waals surface area contributed by atoms with Gasteiger partial charge in [-0.25, -0.2) is 8.42 Å². The lowest BCUT2D eigenvalue weighted by molar-refractivity contribution is 0.101. The number of nitrogens with zero attached hydrogens (tertiary/aromatic N) is 1. The third-order valence-electron chi connectivity index (χ3n) is 4.63. The van der Waals surface area contributed by atoms with Gasteiger partial charge in [0.25, 0.3) is 15.9 Å². The van der Waals surface area contributed by atoms with Gasteiger partial charge >= 0.3 is 0 Å². The summed E-state index contributed by atoms with van der Waals surface area (Å²) in [5, 5.41) is 3.15. The van der Waals surface area contributed by atoms with Crippen LogP contribution in [0.5, 0.6) is 11.5 Å². The number of amides is 1. The molecule has 7 nitrogen and oxygen atoms in total. The zero-order valence-corrected chi connectivity index (χ0v) is 16.6. The van der Waals surface area contributed by atoms with Crippen molar-refractivity contribution in [3.63, 3.8) is 0 Å². The van der Waals surface area contributed by atoms with Crippen LogP contribution in [0.3, 0.4) is 0 Å². The van der Waals surface area contributed by atoms with Crippen LogP contribution in [0.25, 0.3) is 0 Å². The maximum atomic E-state index is 13.5. The van der Waals surface area contributed by atoms with E-state index >= 15 is 0 Å². The van der Waals surface area contributed by atoms with Crippen LogP contribution < -0.4 is 19.1 Å². The van der Waals surface area contributed by atoms with Crippen LogP contribution in [0.4, 0.5) is 17.1 Å². The van der Waals surface area contributed by atoms with Crippen LogP contribution in [0, 0.1) is 0 Å². The largest absolute Gasteiger partial charge is 0.497 e. The topological polar surface area (TPSA) is 84.9 Å². The molecule has 0 fully saturated rings. The Morgan fingerprint density at radius 3 is 2.17 bits per heavy atom. The summed E-state index contributed by atoms with van der Waals surface area (Å²) >= 11 is 0. The van der Waals surface area contributed by atoms with E-state index in [9.17, 15) is 13.2 Å². The second kappa shape index (κ2) is 7.14. The fraction of sp³-hybridized carbons (Fsp3) is 0.0952. The van der Waals surface area contributed by atoms with Crippen molar-refractivity contribution in [1.82, 2.24) is 0 Å². The average Bonchev–Trinajstić information content (AvgIpc) is 2.87. The molecule has 0 bridgehead atoms. The van der Waals surface area contributed by atoms with Crippen molar-refractivity contribution in [2.24, 2.45) is 0 Å². The molecule has 29 heavy (non-hydrogen) atoms. The zero-order chi connectivity index (χ0) is 20.6. The van der Waals surface area contributed by atoms with Crippen LogP contribution in [0.15, 0.2) is 71.6 Å². The van der Waals surface area contributed by atoms with E-state index in [4.69, 9.17) is 9.47 Å². The van der Waals surface area contributed by atoms with Crippen molar-refractivity contribution in [3.8, 4) is 11.5 Å². The molecule has 0 unspecified atom stereocenters. The third-order valence-corrected chi connectivity index (χ3v) is 6.34. The molecule has 3 aromatic rings. The summed E-state index contributed by atoms with van der Waals surface area (Å²) in [6.45, 7) is 0. The minimum absolute atomic E-state index is 0.0206. The van der Waals surface area contributed by atoms with Gasteiger partial charge in [-0.1, -0.05) is 12.1 Å². The van der Waals surface area contributed by atoms with Gasteiger partial charge in [-0.05, 0) is 48.5 Å². The maximum Gasteiger partial charge on any atom is 0.274 e. The van der Waals surface area contributed by atoms with Gasteiger partial charge in [0.05, 0.1) is 41.7 Å².